The molecule has 1 rings (SSSR count). The van der Waals surface area contributed by atoms with Gasteiger partial charge in [0.05, 0.1) is 52.4 Å². The molecule has 0 saturated carbocycles. The van der Waals surface area contributed by atoms with Crippen LogP contribution in [0.25, 0.3) is 0 Å². The zero-order chi connectivity index (χ0) is 10.8. The molecule has 1 aliphatic heterocycles. The van der Waals surface area contributed by atoms with Crippen LogP contribution in [-0.2, 0) is 18.9 Å². The van der Waals surface area contributed by atoms with Gasteiger partial charge in [0.15, 0.2) is 0 Å². The van der Waals surface area contributed by atoms with Crippen LogP contribution < -0.4 is 0 Å². The van der Waals surface area contributed by atoms with Crippen molar-refractivity contribution < 1.29 is 24.1 Å². The van der Waals surface area contributed by atoms with Crippen LogP contribution in [0.4, 0.5) is 0 Å². The Morgan fingerprint density at radius 1 is 0.867 bits per heavy atom. The average molecular weight is 220 g/mol. The number of rotatable bonds is 2. The maximum absolute atomic E-state index is 8.82. The molecule has 1 unspecified atom stereocenters. The molecule has 5 nitrogen and oxygen atoms in total. The van der Waals surface area contributed by atoms with Crippen LogP contribution in [0.2, 0.25) is 0 Å². The van der Waals surface area contributed by atoms with Crippen molar-refractivity contribution in [3.05, 3.63) is 0 Å². The molecular formula is C10H20O5. The number of aliphatic hydroxyl groups excluding tert-OH is 1. The summed E-state index contributed by atoms with van der Waals surface area (Å²) in [6.45, 7) is 4.05. The van der Waals surface area contributed by atoms with E-state index in [0.717, 1.165) is 0 Å². The normalized spacial score (nSPS) is 26.6. The van der Waals surface area contributed by atoms with Gasteiger partial charge in [-0.05, 0) is 6.42 Å². The lowest BCUT2D eigenvalue weighted by molar-refractivity contribution is -0.0716. The molecule has 1 N–H and O–H groups in total. The molecule has 15 heavy (non-hydrogen) atoms. The van der Waals surface area contributed by atoms with Crippen LogP contribution in [0.3, 0.4) is 0 Å². The molecule has 0 spiro atoms. The van der Waals surface area contributed by atoms with E-state index in [1.807, 2.05) is 0 Å². The molecular weight excluding hydrogens is 200 g/mol. The van der Waals surface area contributed by atoms with Gasteiger partial charge in [-0.1, -0.05) is 0 Å². The largest absolute Gasteiger partial charge is 0.396 e. The van der Waals surface area contributed by atoms with E-state index in [1.54, 1.807) is 0 Å². The molecule has 0 amide bonds. The molecule has 1 saturated heterocycles. The van der Waals surface area contributed by atoms with Crippen molar-refractivity contribution in [3.8, 4) is 0 Å². The summed E-state index contributed by atoms with van der Waals surface area (Å²) in [6, 6.07) is 0. The number of hydrogen-bond acceptors (Lipinski definition) is 5. The zero-order valence-electron chi connectivity index (χ0n) is 9.02. The van der Waals surface area contributed by atoms with Crippen LogP contribution in [0.5, 0.6) is 0 Å². The summed E-state index contributed by atoms with van der Waals surface area (Å²) in [5, 5.41) is 8.82. The SMILES string of the molecule is OCCC1COCCOCCOCCO1. The highest BCUT2D eigenvalue weighted by Gasteiger charge is 2.09. The molecule has 0 bridgehead atoms. The second-order valence-corrected chi connectivity index (χ2v) is 3.30. The topological polar surface area (TPSA) is 57.2 Å². The van der Waals surface area contributed by atoms with Crippen LogP contribution in [0.15, 0.2) is 0 Å². The van der Waals surface area contributed by atoms with Gasteiger partial charge in [-0.2, -0.15) is 0 Å². The van der Waals surface area contributed by atoms with Crippen molar-refractivity contribution in [2.75, 3.05) is 52.9 Å². The number of aliphatic hydroxyl groups is 1. The van der Waals surface area contributed by atoms with E-state index in [-0.39, 0.29) is 12.7 Å². The molecule has 90 valence electrons. The molecule has 0 aromatic heterocycles. The third-order valence-corrected chi connectivity index (χ3v) is 2.08. The third kappa shape index (κ3) is 6.81. The second kappa shape index (κ2) is 9.06. The third-order valence-electron chi connectivity index (χ3n) is 2.08. The fourth-order valence-corrected chi connectivity index (χ4v) is 1.29. The minimum absolute atomic E-state index is 0.0435. The Labute approximate surface area is 90.3 Å². The van der Waals surface area contributed by atoms with Gasteiger partial charge in [-0.25, -0.2) is 0 Å². The summed E-state index contributed by atoms with van der Waals surface area (Å²) in [5.74, 6) is 0. The quantitative estimate of drug-likeness (QED) is 0.699. The molecule has 0 aromatic rings. The van der Waals surface area contributed by atoms with Gasteiger partial charge in [0, 0.05) is 6.61 Å². The summed E-state index contributed by atoms with van der Waals surface area (Å²) >= 11 is 0. The van der Waals surface area contributed by atoms with E-state index in [1.165, 1.54) is 0 Å². The minimum Gasteiger partial charge on any atom is -0.396 e. The summed E-state index contributed by atoms with van der Waals surface area (Å²) < 4.78 is 21.4. The van der Waals surface area contributed by atoms with Crippen molar-refractivity contribution in [1.82, 2.24) is 0 Å². The molecule has 1 aliphatic rings. The summed E-state index contributed by atoms with van der Waals surface area (Å²) in [6.07, 6.45) is 0.555. The Balaban J connectivity index is 2.19. The lowest BCUT2D eigenvalue weighted by atomic mass is 10.3. The Morgan fingerprint density at radius 2 is 1.47 bits per heavy atom. The van der Waals surface area contributed by atoms with E-state index in [9.17, 15) is 0 Å². The first-order valence-corrected chi connectivity index (χ1v) is 5.39. The Morgan fingerprint density at radius 3 is 2.13 bits per heavy atom. The van der Waals surface area contributed by atoms with Gasteiger partial charge in [0.2, 0.25) is 0 Å². The maximum atomic E-state index is 8.82. The Hall–Kier alpha value is -0.200. The standard InChI is InChI=1S/C10H20O5/c11-2-1-10-9-14-6-5-12-3-4-13-7-8-15-10/h10-11H,1-9H2. The van der Waals surface area contributed by atoms with Gasteiger partial charge in [-0.3, -0.25) is 0 Å². The Kier molecular flexibility index (Phi) is 7.77. The maximum Gasteiger partial charge on any atom is 0.0831 e. The van der Waals surface area contributed by atoms with Crippen LogP contribution in [-0.4, -0.2) is 64.1 Å². The number of ether oxygens (including phenoxy) is 4. The fraction of sp³-hybridized carbons (Fsp3) is 1.00. The van der Waals surface area contributed by atoms with Gasteiger partial charge in [0.1, 0.15) is 0 Å². The summed E-state index contributed by atoms with van der Waals surface area (Å²) in [5.41, 5.74) is 0. The fourth-order valence-electron chi connectivity index (χ4n) is 1.29. The lowest BCUT2D eigenvalue weighted by Gasteiger charge is -2.18. The van der Waals surface area contributed by atoms with E-state index >= 15 is 0 Å². The van der Waals surface area contributed by atoms with E-state index in [2.05, 4.69) is 0 Å². The lowest BCUT2D eigenvalue weighted by Crippen LogP contribution is -2.25. The van der Waals surface area contributed by atoms with Gasteiger partial charge < -0.3 is 24.1 Å². The predicted molar refractivity (Wildman–Crippen MR) is 53.9 cm³/mol. The summed E-state index contributed by atoms with van der Waals surface area (Å²) in [7, 11) is 0. The van der Waals surface area contributed by atoms with Crippen LogP contribution in [0, 0.1) is 0 Å². The highest BCUT2D eigenvalue weighted by Crippen LogP contribution is 2.00. The average Bonchev–Trinajstić information content (AvgIpc) is 2.22. The first kappa shape index (κ1) is 12.9. The predicted octanol–water partition coefficient (Wildman–Crippen LogP) is -0.183. The van der Waals surface area contributed by atoms with Crippen LogP contribution >= 0.6 is 0 Å². The van der Waals surface area contributed by atoms with Crippen molar-refractivity contribution in [3.63, 3.8) is 0 Å². The van der Waals surface area contributed by atoms with E-state index < -0.39 is 0 Å². The first-order chi connectivity index (χ1) is 7.43. The Bertz CT molecular complexity index is 130. The van der Waals surface area contributed by atoms with Gasteiger partial charge >= 0.3 is 0 Å². The molecule has 5 heteroatoms. The molecule has 0 radical (unpaired) electrons. The van der Waals surface area contributed by atoms with E-state index in [0.29, 0.717) is 52.7 Å². The minimum atomic E-state index is -0.0435. The highest BCUT2D eigenvalue weighted by atomic mass is 16.6. The van der Waals surface area contributed by atoms with Crippen molar-refractivity contribution in [1.29, 1.82) is 0 Å². The highest BCUT2D eigenvalue weighted by molar-refractivity contribution is 4.56. The zero-order valence-corrected chi connectivity index (χ0v) is 9.02. The van der Waals surface area contributed by atoms with Crippen LogP contribution in [0.1, 0.15) is 6.42 Å². The first-order valence-electron chi connectivity index (χ1n) is 5.39. The second-order valence-electron chi connectivity index (χ2n) is 3.30. The van der Waals surface area contributed by atoms with Gasteiger partial charge in [0.25, 0.3) is 0 Å². The monoisotopic (exact) mass is 220 g/mol. The molecule has 1 fully saturated rings. The van der Waals surface area contributed by atoms with E-state index in [4.69, 9.17) is 24.1 Å². The molecule has 0 aromatic carbocycles. The van der Waals surface area contributed by atoms with Crippen molar-refractivity contribution in [2.45, 2.75) is 12.5 Å². The van der Waals surface area contributed by atoms with Crippen molar-refractivity contribution >= 4 is 0 Å². The molecule has 1 atom stereocenters. The van der Waals surface area contributed by atoms with Gasteiger partial charge in [-0.15, -0.1) is 0 Å². The van der Waals surface area contributed by atoms with Crippen molar-refractivity contribution in [2.24, 2.45) is 0 Å². The number of hydrogen-bond donors (Lipinski definition) is 1. The molecule has 1 heterocycles. The molecule has 0 aliphatic carbocycles. The summed E-state index contributed by atoms with van der Waals surface area (Å²) in [4.78, 5) is 0. The smallest absolute Gasteiger partial charge is 0.0831 e.